The number of ketones is 1. The molecule has 3 N–H and O–H groups in total. The van der Waals surface area contributed by atoms with Gasteiger partial charge in [-0.2, -0.15) is 0 Å². The number of hydrogen-bond donors (Lipinski definition) is 3. The van der Waals surface area contributed by atoms with Gasteiger partial charge in [0.15, 0.2) is 0 Å². The molecule has 0 heterocycles. The Balaban J connectivity index is 0.00000180. The summed E-state index contributed by atoms with van der Waals surface area (Å²) in [4.78, 5) is 11.3. The minimum absolute atomic E-state index is 0. The van der Waals surface area contributed by atoms with Gasteiger partial charge in [0, 0.05) is 16.9 Å². The van der Waals surface area contributed by atoms with Crippen molar-refractivity contribution in [3.63, 3.8) is 0 Å². The fourth-order valence-corrected chi connectivity index (χ4v) is 1.56. The van der Waals surface area contributed by atoms with Gasteiger partial charge in [0.2, 0.25) is 12.1 Å². The number of anilines is 2. The van der Waals surface area contributed by atoms with Gasteiger partial charge in [0.1, 0.15) is 0 Å². The standard InChI is InChI=1S/C14H13NO3.Na.H/c16-13(14(17)18)10-6-8-12(9-7-10)15-11-4-2-1-3-5-11;;/h1-9,14-15,17-18H;;/q;+1;-1. The van der Waals surface area contributed by atoms with E-state index in [9.17, 15) is 4.79 Å². The molecule has 0 aliphatic heterocycles. The van der Waals surface area contributed by atoms with Crippen molar-refractivity contribution in [3.8, 4) is 0 Å². The molecule has 0 fully saturated rings. The summed E-state index contributed by atoms with van der Waals surface area (Å²) in [6.07, 6.45) is -1.96. The molecule has 0 aromatic heterocycles. The molecule has 0 amide bonds. The first-order valence-electron chi connectivity index (χ1n) is 5.49. The first-order valence-corrected chi connectivity index (χ1v) is 5.49. The zero-order chi connectivity index (χ0) is 13.0. The Morgan fingerprint density at radius 3 is 2.00 bits per heavy atom. The molecule has 4 nitrogen and oxygen atoms in total. The first kappa shape index (κ1) is 15.9. The molecule has 0 spiro atoms. The summed E-state index contributed by atoms with van der Waals surface area (Å²) in [5.41, 5.74) is 2.03. The van der Waals surface area contributed by atoms with Gasteiger partial charge >= 0.3 is 29.6 Å². The molecular formula is C14H14NNaO3. The van der Waals surface area contributed by atoms with Crippen LogP contribution in [-0.4, -0.2) is 22.3 Å². The number of rotatable bonds is 4. The van der Waals surface area contributed by atoms with Crippen LogP contribution in [0.3, 0.4) is 0 Å². The van der Waals surface area contributed by atoms with E-state index in [1.807, 2.05) is 30.3 Å². The quantitative estimate of drug-likeness (QED) is 0.379. The monoisotopic (exact) mass is 267 g/mol. The molecule has 19 heavy (non-hydrogen) atoms. The van der Waals surface area contributed by atoms with Crippen molar-refractivity contribution in [3.05, 3.63) is 60.2 Å². The number of aliphatic hydroxyl groups is 2. The van der Waals surface area contributed by atoms with Crippen molar-refractivity contribution in [2.45, 2.75) is 6.29 Å². The van der Waals surface area contributed by atoms with Crippen LogP contribution in [0, 0.1) is 0 Å². The summed E-state index contributed by atoms with van der Waals surface area (Å²) in [5.74, 6) is -0.707. The Hall–Kier alpha value is -1.17. The Bertz CT molecular complexity index is 532. The molecule has 0 aliphatic rings. The van der Waals surface area contributed by atoms with Gasteiger partial charge in [-0.1, -0.05) is 18.2 Å². The number of aliphatic hydroxyl groups excluding tert-OH is 1. The molecule has 2 rings (SSSR count). The summed E-state index contributed by atoms with van der Waals surface area (Å²) < 4.78 is 0. The maximum Gasteiger partial charge on any atom is 1.00 e. The molecule has 94 valence electrons. The molecular weight excluding hydrogens is 253 g/mol. The summed E-state index contributed by atoms with van der Waals surface area (Å²) in [6.45, 7) is 0. The number of hydrogen-bond acceptors (Lipinski definition) is 4. The average molecular weight is 267 g/mol. The maximum absolute atomic E-state index is 11.3. The van der Waals surface area contributed by atoms with Crippen LogP contribution in [0.5, 0.6) is 0 Å². The number of nitrogens with one attached hydrogen (secondary N) is 1. The SMILES string of the molecule is O=C(c1ccc(Nc2ccccc2)cc1)C(O)O.[H-].[Na+]. The molecule has 0 saturated heterocycles. The van der Waals surface area contributed by atoms with Crippen molar-refractivity contribution in [1.82, 2.24) is 0 Å². The molecule has 0 bridgehead atoms. The minimum Gasteiger partial charge on any atom is -1.00 e. The molecule has 2 aromatic rings. The van der Waals surface area contributed by atoms with Gasteiger partial charge < -0.3 is 17.0 Å². The fourth-order valence-electron chi connectivity index (χ4n) is 1.56. The second kappa shape index (κ2) is 7.43. The van der Waals surface area contributed by atoms with Crippen LogP contribution >= 0.6 is 0 Å². The van der Waals surface area contributed by atoms with E-state index < -0.39 is 12.1 Å². The summed E-state index contributed by atoms with van der Waals surface area (Å²) >= 11 is 0. The van der Waals surface area contributed by atoms with Crippen LogP contribution < -0.4 is 34.9 Å². The van der Waals surface area contributed by atoms with Crippen LogP contribution in [0.25, 0.3) is 0 Å². The van der Waals surface area contributed by atoms with E-state index >= 15 is 0 Å². The Kier molecular flexibility index (Phi) is 6.21. The second-order valence-corrected chi connectivity index (χ2v) is 3.81. The molecule has 0 atom stereocenters. The largest absolute Gasteiger partial charge is 1.00 e. The van der Waals surface area contributed by atoms with E-state index in [0.29, 0.717) is 0 Å². The summed E-state index contributed by atoms with van der Waals surface area (Å²) in [5, 5.41) is 20.7. The number of benzene rings is 2. The van der Waals surface area contributed by atoms with Gasteiger partial charge in [-0.05, 0) is 36.4 Å². The predicted molar refractivity (Wildman–Crippen MR) is 69.8 cm³/mol. The van der Waals surface area contributed by atoms with E-state index in [1.54, 1.807) is 24.3 Å². The van der Waals surface area contributed by atoms with Gasteiger partial charge in [-0.15, -0.1) is 0 Å². The van der Waals surface area contributed by atoms with Crippen LogP contribution in [0.1, 0.15) is 11.8 Å². The zero-order valence-corrected chi connectivity index (χ0v) is 12.6. The molecule has 0 radical (unpaired) electrons. The number of Topliss-reactive ketones (excluding diaryl/α,β-unsaturated/α-hetero) is 1. The van der Waals surface area contributed by atoms with Crippen LogP contribution in [0.2, 0.25) is 0 Å². The Morgan fingerprint density at radius 1 is 0.947 bits per heavy atom. The average Bonchev–Trinajstić information content (AvgIpc) is 2.40. The van der Waals surface area contributed by atoms with Crippen molar-refractivity contribution in [2.24, 2.45) is 0 Å². The first-order chi connectivity index (χ1) is 8.66. The number of carbonyl (C=O) groups is 1. The van der Waals surface area contributed by atoms with Gasteiger partial charge in [-0.25, -0.2) is 0 Å². The van der Waals surface area contributed by atoms with Crippen LogP contribution in [-0.2, 0) is 0 Å². The zero-order valence-electron chi connectivity index (χ0n) is 11.6. The van der Waals surface area contributed by atoms with Crippen LogP contribution in [0.15, 0.2) is 54.6 Å². The van der Waals surface area contributed by atoms with Gasteiger partial charge in [0.25, 0.3) is 0 Å². The summed E-state index contributed by atoms with van der Waals surface area (Å²) in [6, 6.07) is 16.1. The van der Waals surface area contributed by atoms with E-state index in [2.05, 4.69) is 5.32 Å². The van der Waals surface area contributed by atoms with E-state index in [1.165, 1.54) is 0 Å². The van der Waals surface area contributed by atoms with Crippen molar-refractivity contribution in [1.29, 1.82) is 0 Å². The van der Waals surface area contributed by atoms with E-state index in [4.69, 9.17) is 10.2 Å². The minimum atomic E-state index is -1.96. The molecule has 0 saturated carbocycles. The third kappa shape index (κ3) is 4.45. The van der Waals surface area contributed by atoms with Crippen molar-refractivity contribution < 1.29 is 46.0 Å². The van der Waals surface area contributed by atoms with Crippen LogP contribution in [0.4, 0.5) is 11.4 Å². The van der Waals surface area contributed by atoms with Crippen molar-refractivity contribution >= 4 is 17.2 Å². The third-order valence-corrected chi connectivity index (χ3v) is 2.47. The topological polar surface area (TPSA) is 69.6 Å². The number of para-hydroxylation sites is 1. The Labute approximate surface area is 134 Å². The Morgan fingerprint density at radius 2 is 1.47 bits per heavy atom. The van der Waals surface area contributed by atoms with Gasteiger partial charge in [-0.3, -0.25) is 4.79 Å². The van der Waals surface area contributed by atoms with E-state index in [-0.39, 0.29) is 36.5 Å². The second-order valence-electron chi connectivity index (χ2n) is 3.81. The third-order valence-electron chi connectivity index (χ3n) is 2.47. The van der Waals surface area contributed by atoms with E-state index in [0.717, 1.165) is 11.4 Å². The maximum atomic E-state index is 11.3. The van der Waals surface area contributed by atoms with Gasteiger partial charge in [0.05, 0.1) is 0 Å². The number of carbonyl (C=O) groups excluding carboxylic acids is 1. The molecule has 0 aliphatic carbocycles. The normalized spacial score (nSPS) is 9.84. The van der Waals surface area contributed by atoms with Crippen molar-refractivity contribution in [2.75, 3.05) is 5.32 Å². The molecule has 0 unspecified atom stereocenters. The fraction of sp³-hybridized carbons (Fsp3) is 0.0714. The summed E-state index contributed by atoms with van der Waals surface area (Å²) in [7, 11) is 0. The predicted octanol–water partition coefficient (Wildman–Crippen LogP) is -0.960. The smallest absolute Gasteiger partial charge is 1.00 e. The molecule has 5 heteroatoms. The molecule has 2 aromatic carbocycles.